The maximum absolute atomic E-state index is 12.2. The third kappa shape index (κ3) is 4.82. The standard InChI is InChI=1S/C17H22N4OS/c22-16(11-23-17-18-12-19-21-17)20-15-9-5-4-8-14(15)10-13-6-2-1-3-7-13/h1-3,6-7,12,14-15H,4-5,8-11H2,(H,20,22)(H,18,19,21)/t14-,15-/m1/s1. The number of nitrogens with one attached hydrogen (secondary N) is 2. The van der Waals surface area contributed by atoms with E-state index in [9.17, 15) is 4.79 Å². The summed E-state index contributed by atoms with van der Waals surface area (Å²) in [5.41, 5.74) is 1.36. The lowest BCUT2D eigenvalue weighted by Gasteiger charge is -2.32. The summed E-state index contributed by atoms with van der Waals surface area (Å²) < 4.78 is 0. The van der Waals surface area contributed by atoms with E-state index in [0.717, 1.165) is 12.8 Å². The minimum atomic E-state index is 0.0800. The number of rotatable bonds is 6. The first-order valence-corrected chi connectivity index (χ1v) is 9.11. The molecule has 2 N–H and O–H groups in total. The third-order valence-corrected chi connectivity index (χ3v) is 5.21. The summed E-state index contributed by atoms with van der Waals surface area (Å²) >= 11 is 1.39. The van der Waals surface area contributed by atoms with Gasteiger partial charge >= 0.3 is 0 Å². The summed E-state index contributed by atoms with van der Waals surface area (Å²) in [6.07, 6.45) is 7.23. The summed E-state index contributed by atoms with van der Waals surface area (Å²) in [5, 5.41) is 10.5. The van der Waals surface area contributed by atoms with Crippen LogP contribution in [0.15, 0.2) is 41.8 Å². The SMILES string of the molecule is O=C(CSc1ncn[nH]1)N[C@@H]1CCCC[C@@H]1Cc1ccccc1. The zero-order valence-corrected chi connectivity index (χ0v) is 13.9. The zero-order chi connectivity index (χ0) is 15.9. The molecule has 1 amide bonds. The van der Waals surface area contributed by atoms with Crippen molar-refractivity contribution in [2.24, 2.45) is 5.92 Å². The second-order valence-corrected chi connectivity index (χ2v) is 6.95. The van der Waals surface area contributed by atoms with Crippen molar-refractivity contribution in [3.05, 3.63) is 42.2 Å². The highest BCUT2D eigenvalue weighted by Gasteiger charge is 2.26. The summed E-state index contributed by atoms with van der Waals surface area (Å²) in [7, 11) is 0. The first-order chi connectivity index (χ1) is 11.3. The van der Waals surface area contributed by atoms with Crippen molar-refractivity contribution in [2.75, 3.05) is 5.75 Å². The highest BCUT2D eigenvalue weighted by Crippen LogP contribution is 2.27. The van der Waals surface area contributed by atoms with Crippen LogP contribution in [0, 0.1) is 5.92 Å². The topological polar surface area (TPSA) is 70.7 Å². The molecule has 5 nitrogen and oxygen atoms in total. The number of thioether (sulfide) groups is 1. The number of hydrogen-bond acceptors (Lipinski definition) is 4. The van der Waals surface area contributed by atoms with Crippen molar-refractivity contribution in [2.45, 2.75) is 43.3 Å². The minimum absolute atomic E-state index is 0.0800. The van der Waals surface area contributed by atoms with Gasteiger partial charge in [-0.2, -0.15) is 5.10 Å². The fraction of sp³-hybridized carbons (Fsp3) is 0.471. The Bertz CT molecular complexity index is 602. The molecule has 23 heavy (non-hydrogen) atoms. The normalized spacial score (nSPS) is 21.0. The first-order valence-electron chi connectivity index (χ1n) is 8.13. The number of nitrogens with zero attached hydrogens (tertiary/aromatic N) is 2. The zero-order valence-electron chi connectivity index (χ0n) is 13.1. The van der Waals surface area contributed by atoms with Crippen LogP contribution in [0.1, 0.15) is 31.2 Å². The molecule has 0 radical (unpaired) electrons. The van der Waals surface area contributed by atoms with E-state index < -0.39 is 0 Å². The quantitative estimate of drug-likeness (QED) is 0.799. The second-order valence-electron chi connectivity index (χ2n) is 5.99. The molecule has 0 saturated heterocycles. The molecule has 1 fully saturated rings. The van der Waals surface area contributed by atoms with Crippen LogP contribution in [0.2, 0.25) is 0 Å². The van der Waals surface area contributed by atoms with Gasteiger partial charge in [-0.1, -0.05) is 54.9 Å². The van der Waals surface area contributed by atoms with Crippen LogP contribution in [0.5, 0.6) is 0 Å². The molecule has 2 atom stereocenters. The monoisotopic (exact) mass is 330 g/mol. The van der Waals surface area contributed by atoms with Crippen molar-refractivity contribution in [1.82, 2.24) is 20.5 Å². The summed E-state index contributed by atoms with van der Waals surface area (Å²) in [5.74, 6) is 0.991. The summed E-state index contributed by atoms with van der Waals surface area (Å²) in [6.45, 7) is 0. The van der Waals surface area contributed by atoms with Crippen molar-refractivity contribution in [3.8, 4) is 0 Å². The van der Waals surface area contributed by atoms with Gasteiger partial charge in [0.25, 0.3) is 0 Å². The second kappa shape index (κ2) is 8.15. The van der Waals surface area contributed by atoms with Gasteiger partial charge in [-0.3, -0.25) is 9.89 Å². The molecule has 1 saturated carbocycles. The maximum Gasteiger partial charge on any atom is 0.230 e. The lowest BCUT2D eigenvalue weighted by Crippen LogP contribution is -2.43. The predicted octanol–water partition coefficient (Wildman–Crippen LogP) is 2.81. The smallest absolute Gasteiger partial charge is 0.230 e. The fourth-order valence-corrected chi connectivity index (χ4v) is 3.80. The van der Waals surface area contributed by atoms with Gasteiger partial charge < -0.3 is 5.32 Å². The average Bonchev–Trinajstić information content (AvgIpc) is 3.09. The van der Waals surface area contributed by atoms with E-state index in [1.54, 1.807) is 0 Å². The van der Waals surface area contributed by atoms with Gasteiger partial charge in [-0.15, -0.1) is 0 Å². The highest BCUT2D eigenvalue weighted by molar-refractivity contribution is 7.99. The van der Waals surface area contributed by atoms with Crippen LogP contribution >= 0.6 is 11.8 Å². The molecule has 1 aliphatic rings. The van der Waals surface area contributed by atoms with E-state index >= 15 is 0 Å². The fourth-order valence-electron chi connectivity index (χ4n) is 3.21. The predicted molar refractivity (Wildman–Crippen MR) is 91.1 cm³/mol. The van der Waals surface area contributed by atoms with Crippen LogP contribution in [-0.2, 0) is 11.2 Å². The van der Waals surface area contributed by atoms with E-state index in [2.05, 4.69) is 44.8 Å². The largest absolute Gasteiger partial charge is 0.352 e. The number of benzene rings is 1. The number of carbonyl (C=O) groups excluding carboxylic acids is 1. The minimum Gasteiger partial charge on any atom is -0.352 e. The van der Waals surface area contributed by atoms with Gasteiger partial charge in [0, 0.05) is 6.04 Å². The Balaban J connectivity index is 1.52. The number of aromatic nitrogens is 3. The van der Waals surface area contributed by atoms with Gasteiger partial charge in [-0.25, -0.2) is 4.98 Å². The third-order valence-electron chi connectivity index (χ3n) is 4.33. The Morgan fingerprint density at radius 2 is 2.09 bits per heavy atom. The van der Waals surface area contributed by atoms with Gasteiger partial charge in [0.1, 0.15) is 6.33 Å². The molecule has 1 aromatic carbocycles. The molecule has 1 heterocycles. The molecule has 1 aromatic heterocycles. The molecule has 0 unspecified atom stereocenters. The molecule has 0 spiro atoms. The summed E-state index contributed by atoms with van der Waals surface area (Å²) in [4.78, 5) is 16.2. The van der Waals surface area contributed by atoms with Gasteiger partial charge in [0.05, 0.1) is 5.75 Å². The van der Waals surface area contributed by atoms with E-state index in [1.807, 2.05) is 6.07 Å². The highest BCUT2D eigenvalue weighted by atomic mass is 32.2. The van der Waals surface area contributed by atoms with Crippen LogP contribution in [0.4, 0.5) is 0 Å². The van der Waals surface area contributed by atoms with E-state index in [1.165, 1.54) is 42.9 Å². The number of hydrogen-bond donors (Lipinski definition) is 2. The van der Waals surface area contributed by atoms with Gasteiger partial charge in [0.2, 0.25) is 5.91 Å². The number of aromatic amines is 1. The van der Waals surface area contributed by atoms with Crippen LogP contribution < -0.4 is 5.32 Å². The Labute approximate surface area is 140 Å². The van der Waals surface area contributed by atoms with Crippen molar-refractivity contribution < 1.29 is 4.79 Å². The molecule has 1 aliphatic carbocycles. The van der Waals surface area contributed by atoms with Crippen molar-refractivity contribution in [1.29, 1.82) is 0 Å². The van der Waals surface area contributed by atoms with E-state index in [-0.39, 0.29) is 11.9 Å². The van der Waals surface area contributed by atoms with Gasteiger partial charge in [-0.05, 0) is 30.7 Å². The molecular weight excluding hydrogens is 308 g/mol. The average molecular weight is 330 g/mol. The maximum atomic E-state index is 12.2. The molecule has 122 valence electrons. The Morgan fingerprint density at radius 3 is 2.87 bits per heavy atom. The number of H-pyrrole nitrogens is 1. The number of amides is 1. The van der Waals surface area contributed by atoms with Crippen LogP contribution in [0.3, 0.4) is 0 Å². The van der Waals surface area contributed by atoms with Crippen LogP contribution in [0.25, 0.3) is 0 Å². The van der Waals surface area contributed by atoms with Gasteiger partial charge in [0.15, 0.2) is 5.16 Å². The molecule has 0 bridgehead atoms. The Hall–Kier alpha value is -1.82. The Kier molecular flexibility index (Phi) is 5.69. The van der Waals surface area contributed by atoms with E-state index in [0.29, 0.717) is 16.8 Å². The molecule has 0 aliphatic heterocycles. The lowest BCUT2D eigenvalue weighted by molar-refractivity contribution is -0.119. The molecule has 6 heteroatoms. The van der Waals surface area contributed by atoms with E-state index in [4.69, 9.17) is 0 Å². The summed E-state index contributed by atoms with van der Waals surface area (Å²) in [6, 6.07) is 10.8. The molecule has 2 aromatic rings. The van der Waals surface area contributed by atoms with Crippen LogP contribution in [-0.4, -0.2) is 32.9 Å². The van der Waals surface area contributed by atoms with Crippen molar-refractivity contribution in [3.63, 3.8) is 0 Å². The Morgan fingerprint density at radius 1 is 1.26 bits per heavy atom. The first kappa shape index (κ1) is 16.1. The molecule has 3 rings (SSSR count). The van der Waals surface area contributed by atoms with Crippen molar-refractivity contribution >= 4 is 17.7 Å². The number of carbonyl (C=O) groups is 1. The lowest BCUT2D eigenvalue weighted by atomic mass is 9.80. The molecular formula is C17H22N4OS.